The Morgan fingerprint density at radius 2 is 1.89 bits per heavy atom. The Bertz CT molecular complexity index is 1240. The molecule has 0 spiro atoms. The summed E-state index contributed by atoms with van der Waals surface area (Å²) in [4.78, 5) is 17.9. The fourth-order valence-electron chi connectivity index (χ4n) is 3.42. The summed E-state index contributed by atoms with van der Waals surface area (Å²) in [6.07, 6.45) is 1.71. The summed E-state index contributed by atoms with van der Waals surface area (Å²) in [5.74, 6) is 0.596. The normalized spacial score (nSPS) is 11.1. The topological polar surface area (TPSA) is 61.4 Å². The summed E-state index contributed by atoms with van der Waals surface area (Å²) in [5, 5.41) is 4.71. The maximum absolute atomic E-state index is 13.2. The smallest absolute Gasteiger partial charge is 0.267 e. The van der Waals surface area contributed by atoms with Crippen molar-refractivity contribution >= 4 is 5.65 Å². The summed E-state index contributed by atoms with van der Waals surface area (Å²) >= 11 is 0. The van der Waals surface area contributed by atoms with E-state index < -0.39 is 0 Å². The summed E-state index contributed by atoms with van der Waals surface area (Å²) in [6.45, 7) is 8.27. The molecule has 4 aromatic rings. The molecule has 0 aliphatic carbocycles. The van der Waals surface area contributed by atoms with Gasteiger partial charge in [0.15, 0.2) is 11.4 Å². The van der Waals surface area contributed by atoms with Gasteiger partial charge in [-0.1, -0.05) is 12.1 Å². The minimum absolute atomic E-state index is 0.155. The van der Waals surface area contributed by atoms with Crippen LogP contribution in [-0.2, 0) is 0 Å². The molecule has 3 aromatic heterocycles. The fraction of sp³-hybridized carbons (Fsp3) is 0.227. The Balaban J connectivity index is 1.91. The lowest BCUT2D eigenvalue weighted by atomic mass is 10.1. The van der Waals surface area contributed by atoms with Gasteiger partial charge in [-0.3, -0.25) is 9.20 Å². The van der Waals surface area contributed by atoms with Gasteiger partial charge in [0.2, 0.25) is 0 Å². The zero-order valence-electron chi connectivity index (χ0n) is 16.4. The first-order chi connectivity index (χ1) is 13.5. The van der Waals surface area contributed by atoms with E-state index in [0.717, 1.165) is 16.9 Å². The Morgan fingerprint density at radius 1 is 1.07 bits per heavy atom. The zero-order chi connectivity index (χ0) is 19.8. The number of rotatable bonds is 4. The molecule has 6 heteroatoms. The predicted molar refractivity (Wildman–Crippen MR) is 109 cm³/mol. The maximum Gasteiger partial charge on any atom is 0.267 e. The Labute approximate surface area is 163 Å². The molecule has 0 fully saturated rings. The molecule has 0 atom stereocenters. The molecular formula is C22H22N4O2. The van der Waals surface area contributed by atoms with Crippen molar-refractivity contribution in [2.75, 3.05) is 6.61 Å². The van der Waals surface area contributed by atoms with Gasteiger partial charge in [-0.25, -0.2) is 9.67 Å². The van der Waals surface area contributed by atoms with Crippen LogP contribution >= 0.6 is 0 Å². The Hall–Kier alpha value is -3.41. The van der Waals surface area contributed by atoms with Crippen LogP contribution in [0.2, 0.25) is 0 Å². The number of aromatic nitrogens is 4. The number of ether oxygens (including phenoxy) is 1. The van der Waals surface area contributed by atoms with Crippen molar-refractivity contribution in [2.45, 2.75) is 27.7 Å². The zero-order valence-corrected chi connectivity index (χ0v) is 16.4. The summed E-state index contributed by atoms with van der Waals surface area (Å²) < 4.78 is 9.00. The van der Waals surface area contributed by atoms with Gasteiger partial charge in [0.05, 0.1) is 23.6 Å². The van der Waals surface area contributed by atoms with Crippen molar-refractivity contribution in [1.82, 2.24) is 19.2 Å². The Kier molecular flexibility index (Phi) is 4.47. The van der Waals surface area contributed by atoms with E-state index in [9.17, 15) is 4.79 Å². The quantitative estimate of drug-likeness (QED) is 0.544. The lowest BCUT2D eigenvalue weighted by Crippen LogP contribution is -2.19. The third kappa shape index (κ3) is 2.97. The van der Waals surface area contributed by atoms with Gasteiger partial charge >= 0.3 is 0 Å². The maximum atomic E-state index is 13.2. The molecule has 3 heterocycles. The second kappa shape index (κ2) is 6.96. The van der Waals surface area contributed by atoms with E-state index in [-0.39, 0.29) is 5.56 Å². The van der Waals surface area contributed by atoms with Crippen LogP contribution in [0.3, 0.4) is 0 Å². The SMILES string of the molecule is CCOc1cccn2c(=O)c(-c3cc(C)n(-c4cccc(C)c4)n3)c(C)nc12. The molecule has 0 bridgehead atoms. The van der Waals surface area contributed by atoms with Gasteiger partial charge in [-0.05, 0) is 63.6 Å². The van der Waals surface area contributed by atoms with Crippen molar-refractivity contribution in [2.24, 2.45) is 0 Å². The number of aryl methyl sites for hydroxylation is 3. The van der Waals surface area contributed by atoms with Gasteiger partial charge in [0, 0.05) is 11.9 Å². The summed E-state index contributed by atoms with van der Waals surface area (Å²) in [7, 11) is 0. The average Bonchev–Trinajstić information content (AvgIpc) is 3.04. The van der Waals surface area contributed by atoms with Crippen LogP contribution in [0.5, 0.6) is 5.75 Å². The standard InChI is InChI=1S/C22H22N4O2/c1-5-28-19-10-7-11-25-21(19)23-16(4)20(22(25)27)18-13-15(3)26(24-18)17-9-6-8-14(2)12-17/h6-13H,5H2,1-4H3. The molecule has 28 heavy (non-hydrogen) atoms. The number of fused-ring (bicyclic) bond motifs is 1. The van der Waals surface area contributed by atoms with E-state index in [4.69, 9.17) is 9.84 Å². The van der Waals surface area contributed by atoms with E-state index >= 15 is 0 Å². The second-order valence-corrected chi connectivity index (χ2v) is 6.80. The largest absolute Gasteiger partial charge is 0.490 e. The van der Waals surface area contributed by atoms with E-state index in [2.05, 4.69) is 11.1 Å². The molecule has 0 amide bonds. The van der Waals surface area contributed by atoms with Crippen LogP contribution in [-0.4, -0.2) is 25.8 Å². The highest BCUT2D eigenvalue weighted by Gasteiger charge is 2.18. The van der Waals surface area contributed by atoms with Gasteiger partial charge < -0.3 is 4.74 Å². The van der Waals surface area contributed by atoms with Crippen LogP contribution in [0.4, 0.5) is 0 Å². The molecule has 1 aromatic carbocycles. The van der Waals surface area contributed by atoms with Crippen molar-refractivity contribution in [1.29, 1.82) is 0 Å². The molecule has 0 N–H and O–H groups in total. The molecule has 0 radical (unpaired) electrons. The summed E-state index contributed by atoms with van der Waals surface area (Å²) in [6, 6.07) is 13.6. The van der Waals surface area contributed by atoms with Gasteiger partial charge in [0.25, 0.3) is 5.56 Å². The third-order valence-electron chi connectivity index (χ3n) is 4.69. The number of pyridine rings is 1. The molecule has 6 nitrogen and oxygen atoms in total. The summed E-state index contributed by atoms with van der Waals surface area (Å²) in [5.41, 5.74) is 5.18. The lowest BCUT2D eigenvalue weighted by molar-refractivity contribution is 0.342. The number of hydrogen-bond acceptors (Lipinski definition) is 4. The number of benzene rings is 1. The highest BCUT2D eigenvalue weighted by atomic mass is 16.5. The number of hydrogen-bond donors (Lipinski definition) is 0. The van der Waals surface area contributed by atoms with Gasteiger partial charge in [-0.15, -0.1) is 0 Å². The van der Waals surface area contributed by atoms with E-state index in [1.165, 1.54) is 4.40 Å². The van der Waals surface area contributed by atoms with Crippen molar-refractivity contribution in [3.8, 4) is 22.7 Å². The molecule has 0 saturated heterocycles. The van der Waals surface area contributed by atoms with E-state index in [1.807, 2.05) is 62.7 Å². The highest BCUT2D eigenvalue weighted by Crippen LogP contribution is 2.24. The van der Waals surface area contributed by atoms with Crippen LogP contribution in [0.1, 0.15) is 23.9 Å². The van der Waals surface area contributed by atoms with Gasteiger partial charge in [0.1, 0.15) is 5.69 Å². The van der Waals surface area contributed by atoms with Crippen molar-refractivity contribution < 1.29 is 4.74 Å². The second-order valence-electron chi connectivity index (χ2n) is 6.80. The first kappa shape index (κ1) is 18.0. The van der Waals surface area contributed by atoms with Crippen LogP contribution < -0.4 is 10.3 Å². The van der Waals surface area contributed by atoms with Crippen LogP contribution in [0.25, 0.3) is 22.6 Å². The number of nitrogens with zero attached hydrogens (tertiary/aromatic N) is 4. The minimum atomic E-state index is -0.155. The van der Waals surface area contributed by atoms with Crippen LogP contribution in [0.15, 0.2) is 53.5 Å². The molecule has 0 aliphatic rings. The molecule has 4 rings (SSSR count). The highest BCUT2D eigenvalue weighted by molar-refractivity contribution is 5.65. The molecule has 0 saturated carbocycles. The fourth-order valence-corrected chi connectivity index (χ4v) is 3.42. The van der Waals surface area contributed by atoms with Gasteiger partial charge in [-0.2, -0.15) is 5.10 Å². The molecule has 0 aliphatic heterocycles. The van der Waals surface area contributed by atoms with Crippen molar-refractivity contribution in [3.63, 3.8) is 0 Å². The molecule has 0 unspecified atom stereocenters. The molecular weight excluding hydrogens is 352 g/mol. The monoisotopic (exact) mass is 374 g/mol. The average molecular weight is 374 g/mol. The Morgan fingerprint density at radius 3 is 2.64 bits per heavy atom. The van der Waals surface area contributed by atoms with Crippen molar-refractivity contribution in [3.05, 3.63) is 76.0 Å². The van der Waals surface area contributed by atoms with E-state index in [1.54, 1.807) is 12.3 Å². The minimum Gasteiger partial charge on any atom is -0.490 e. The third-order valence-corrected chi connectivity index (χ3v) is 4.69. The van der Waals surface area contributed by atoms with Crippen LogP contribution in [0, 0.1) is 20.8 Å². The lowest BCUT2D eigenvalue weighted by Gasteiger charge is -2.10. The molecule has 142 valence electrons. The first-order valence-corrected chi connectivity index (χ1v) is 9.28. The first-order valence-electron chi connectivity index (χ1n) is 9.28. The van der Waals surface area contributed by atoms with E-state index in [0.29, 0.717) is 35.0 Å². The predicted octanol–water partition coefficient (Wildman–Crippen LogP) is 3.87.